The number of likely N-dealkylation sites (tertiary alicyclic amines) is 1. The Balaban J connectivity index is 1.36. The molecule has 3 saturated heterocycles. The van der Waals surface area contributed by atoms with Gasteiger partial charge in [0.2, 0.25) is 11.8 Å². The van der Waals surface area contributed by atoms with Crippen LogP contribution in [-0.4, -0.2) is 113 Å². The largest absolute Gasteiger partial charge is 0.480 e. The van der Waals surface area contributed by atoms with Gasteiger partial charge >= 0.3 is 5.97 Å². The highest BCUT2D eigenvalue weighted by Crippen LogP contribution is 2.54. The number of nitrogens with zero attached hydrogens (tertiary/aromatic N) is 3. The van der Waals surface area contributed by atoms with Gasteiger partial charge in [-0.15, -0.1) is 11.8 Å². The van der Waals surface area contributed by atoms with Crippen molar-refractivity contribution in [3.8, 4) is 0 Å². The summed E-state index contributed by atoms with van der Waals surface area (Å²) < 4.78 is 0.854. The number of hydrogen-bond acceptors (Lipinski definition) is 6. The maximum Gasteiger partial charge on any atom is 0.324 e. The van der Waals surface area contributed by atoms with E-state index < -0.39 is 29.4 Å². The van der Waals surface area contributed by atoms with E-state index in [2.05, 4.69) is 26.5 Å². The monoisotopic (exact) mass is 467 g/mol. The predicted molar refractivity (Wildman–Crippen MR) is 120 cm³/mol. The van der Waals surface area contributed by atoms with Crippen molar-refractivity contribution in [2.45, 2.75) is 56.2 Å². The van der Waals surface area contributed by atoms with Crippen LogP contribution in [0.1, 0.15) is 26.7 Å². The minimum Gasteiger partial charge on any atom is -0.480 e. The number of hydrogen-bond donors (Lipinski definition) is 3. The molecule has 0 aliphatic carbocycles. The van der Waals surface area contributed by atoms with Gasteiger partial charge in [0, 0.05) is 41.8 Å². The first-order valence-corrected chi connectivity index (χ1v) is 12.2. The molecule has 0 saturated carbocycles. The fourth-order valence-corrected chi connectivity index (χ4v) is 7.10. The molecule has 4 heterocycles. The van der Waals surface area contributed by atoms with Crippen LogP contribution >= 0.6 is 11.8 Å². The lowest BCUT2D eigenvalue weighted by molar-refractivity contribution is -0.893. The molecule has 4 rings (SSSR count). The third-order valence-electron chi connectivity index (χ3n) is 7.82. The van der Waals surface area contributed by atoms with Crippen molar-refractivity contribution >= 4 is 29.5 Å². The first-order valence-electron chi connectivity index (χ1n) is 11.3. The Kier molecular flexibility index (Phi) is 5.89. The van der Waals surface area contributed by atoms with Gasteiger partial charge in [0.05, 0.1) is 45.9 Å². The maximum absolute atomic E-state index is 13.0. The Morgan fingerprint density at radius 1 is 1.34 bits per heavy atom. The number of quaternary nitrogens is 1. The van der Waals surface area contributed by atoms with Gasteiger partial charge in [0.15, 0.2) is 5.41 Å². The molecular weight excluding hydrogens is 432 g/mol. The first kappa shape index (κ1) is 23.5. The lowest BCUT2D eigenvalue weighted by Gasteiger charge is -2.52. The summed E-state index contributed by atoms with van der Waals surface area (Å²) in [6.45, 7) is 5.56. The normalized spacial score (nSPS) is 37.9. The fraction of sp³-hybridized carbons (Fsp3) is 0.773. The highest BCUT2D eigenvalue weighted by Gasteiger charge is 2.71. The van der Waals surface area contributed by atoms with Crippen molar-refractivity contribution in [3.05, 3.63) is 11.1 Å². The maximum atomic E-state index is 13.0. The summed E-state index contributed by atoms with van der Waals surface area (Å²) >= 11 is 1.62. The number of thioether (sulfide) groups is 1. The van der Waals surface area contributed by atoms with Crippen molar-refractivity contribution in [1.82, 2.24) is 15.1 Å². The molecule has 4 aliphatic heterocycles. The molecular formula is C22H35N4O5S+. The molecule has 0 aromatic heterocycles. The average Bonchev–Trinajstić information content (AvgIpc) is 3.41. The minimum absolute atomic E-state index is 0.162. The number of nitrogens with one attached hydrogen (secondary N) is 1. The van der Waals surface area contributed by atoms with E-state index in [0.717, 1.165) is 28.9 Å². The van der Waals surface area contributed by atoms with Gasteiger partial charge in [-0.25, -0.2) is 0 Å². The zero-order valence-corrected chi connectivity index (χ0v) is 20.3. The minimum atomic E-state index is -1.78. The first-order chi connectivity index (χ1) is 14.9. The van der Waals surface area contributed by atoms with Crippen LogP contribution in [0.4, 0.5) is 0 Å². The molecule has 0 radical (unpaired) electrons. The van der Waals surface area contributed by atoms with Gasteiger partial charge in [-0.3, -0.25) is 14.4 Å². The van der Waals surface area contributed by atoms with Gasteiger partial charge in [-0.1, -0.05) is 6.92 Å². The third-order valence-corrected chi connectivity index (χ3v) is 9.26. The second-order valence-electron chi connectivity index (χ2n) is 10.6. The number of carboxylic acids is 1. The number of carboxylic acid groups (broad SMARTS) is 1. The second-order valence-corrected chi connectivity index (χ2v) is 12.0. The molecule has 0 aromatic carbocycles. The summed E-state index contributed by atoms with van der Waals surface area (Å²) in [5, 5.41) is 23.4. The quantitative estimate of drug-likeness (QED) is 0.285. The van der Waals surface area contributed by atoms with E-state index in [1.165, 1.54) is 11.8 Å². The van der Waals surface area contributed by atoms with Crippen LogP contribution in [0.3, 0.4) is 0 Å². The van der Waals surface area contributed by atoms with Crippen LogP contribution in [0.25, 0.3) is 0 Å². The van der Waals surface area contributed by atoms with Crippen LogP contribution in [0, 0.1) is 11.3 Å². The van der Waals surface area contributed by atoms with Gasteiger partial charge in [-0.2, -0.15) is 0 Å². The number of rotatable bonds is 6. The van der Waals surface area contributed by atoms with E-state index in [4.69, 9.17) is 0 Å². The number of aliphatic hydroxyl groups excluding tert-OH is 1. The number of amides is 2. The molecule has 10 heteroatoms. The number of carbonyl (C=O) groups is 3. The molecule has 2 amide bonds. The molecule has 0 spiro atoms. The number of fused-ring (bicyclic) bond motifs is 1. The topological polar surface area (TPSA) is 110 Å². The van der Waals surface area contributed by atoms with Crippen molar-refractivity contribution in [3.63, 3.8) is 0 Å². The van der Waals surface area contributed by atoms with Crippen molar-refractivity contribution < 1.29 is 29.1 Å². The van der Waals surface area contributed by atoms with Gasteiger partial charge in [-0.05, 0) is 13.3 Å². The van der Waals surface area contributed by atoms with Gasteiger partial charge in [0.1, 0.15) is 6.04 Å². The van der Waals surface area contributed by atoms with Crippen LogP contribution < -0.4 is 5.32 Å². The Bertz CT molecular complexity index is 856. The summed E-state index contributed by atoms with van der Waals surface area (Å²) in [6, 6.07) is -0.315. The molecule has 3 N–H and O–H groups in total. The Labute approximate surface area is 193 Å². The van der Waals surface area contributed by atoms with E-state index >= 15 is 0 Å². The van der Waals surface area contributed by atoms with Crippen LogP contribution in [-0.2, 0) is 14.4 Å². The zero-order chi connectivity index (χ0) is 23.6. The number of carbonyl (C=O) groups excluding carboxylic acids is 2. The number of aliphatic hydroxyl groups is 1. The van der Waals surface area contributed by atoms with E-state index in [1.54, 1.807) is 18.0 Å². The molecule has 4 aliphatic rings. The second kappa shape index (κ2) is 8.00. The fourth-order valence-electron chi connectivity index (χ4n) is 5.73. The van der Waals surface area contributed by atoms with E-state index in [1.807, 2.05) is 11.8 Å². The van der Waals surface area contributed by atoms with Crippen LogP contribution in [0.15, 0.2) is 11.1 Å². The van der Waals surface area contributed by atoms with Gasteiger partial charge < -0.3 is 29.8 Å². The van der Waals surface area contributed by atoms with Crippen molar-refractivity contribution in [2.75, 3.05) is 40.8 Å². The van der Waals surface area contributed by atoms with E-state index in [9.17, 15) is 24.6 Å². The Hall–Kier alpha value is -1.62. The molecule has 0 aromatic rings. The van der Waals surface area contributed by atoms with Crippen molar-refractivity contribution in [1.29, 1.82) is 0 Å². The average molecular weight is 468 g/mol. The molecule has 0 bridgehead atoms. The zero-order valence-electron chi connectivity index (χ0n) is 19.4. The predicted octanol–water partition coefficient (Wildman–Crippen LogP) is -0.0891. The molecule has 32 heavy (non-hydrogen) atoms. The molecule has 9 nitrogen and oxygen atoms in total. The smallest absolute Gasteiger partial charge is 0.324 e. The summed E-state index contributed by atoms with van der Waals surface area (Å²) in [7, 11) is 6.50. The summed E-state index contributed by atoms with van der Waals surface area (Å²) in [5.74, 6) is -1.83. The number of β-lactam (4-membered cyclic amide) rings is 1. The number of aliphatic carboxylic acids is 1. The third kappa shape index (κ3) is 3.46. The van der Waals surface area contributed by atoms with E-state index in [0.29, 0.717) is 19.0 Å². The standard InChI is InChI=1S/C22H34N4O5S/c1-12-17(11-25-18(12)22(13(2)27,20(25)29)21(30)31)32-15-8-16(23-9-15)19(28)24-7-6-14(10-24)26(3,4)5/h11-16,18,23,27H,6-10H2,1-5H3/p+1/t12-,13?,14-,15-,16-,18-,22+/m0/s1. The highest BCUT2D eigenvalue weighted by atomic mass is 32.2. The number of likely N-dealkylation sites (N-methyl/N-ethyl adjacent to an activating group) is 1. The van der Waals surface area contributed by atoms with E-state index in [-0.39, 0.29) is 23.1 Å². The SMILES string of the molecule is CC(O)[C@]1(C(=O)O)C(=O)N2C=C(S[C@@H]3CN[C@H](C(=O)N4CC[C@H]([N+](C)(C)C)C4)C3)[C@H](C)[C@H]21. The summed E-state index contributed by atoms with van der Waals surface area (Å²) in [4.78, 5) is 42.0. The van der Waals surface area contributed by atoms with Crippen LogP contribution in [0.5, 0.6) is 0 Å². The Morgan fingerprint density at radius 3 is 2.59 bits per heavy atom. The molecule has 3 fully saturated rings. The lowest BCUT2D eigenvalue weighted by atomic mass is 9.64. The Morgan fingerprint density at radius 2 is 2.03 bits per heavy atom. The summed E-state index contributed by atoms with van der Waals surface area (Å²) in [6.07, 6.45) is 2.20. The highest BCUT2D eigenvalue weighted by molar-refractivity contribution is 8.03. The molecule has 1 unspecified atom stereocenters. The van der Waals surface area contributed by atoms with Crippen LogP contribution in [0.2, 0.25) is 0 Å². The molecule has 7 atom stereocenters. The lowest BCUT2D eigenvalue weighted by Crippen LogP contribution is -2.74. The van der Waals surface area contributed by atoms with Gasteiger partial charge in [0.25, 0.3) is 0 Å². The molecule has 178 valence electrons. The summed E-state index contributed by atoms with van der Waals surface area (Å²) in [5.41, 5.74) is -1.78. The van der Waals surface area contributed by atoms with Crippen molar-refractivity contribution in [2.24, 2.45) is 11.3 Å².